The predicted molar refractivity (Wildman–Crippen MR) is 109 cm³/mol. The summed E-state index contributed by atoms with van der Waals surface area (Å²) in [5.41, 5.74) is 3.44. The zero-order chi connectivity index (χ0) is 20.2. The average molecular weight is 383 g/mol. The molecule has 0 heterocycles. The van der Waals surface area contributed by atoms with Crippen LogP contribution in [0.25, 0.3) is 0 Å². The van der Waals surface area contributed by atoms with E-state index in [1.54, 1.807) is 30.3 Å². The van der Waals surface area contributed by atoms with E-state index in [0.29, 0.717) is 24.7 Å². The van der Waals surface area contributed by atoms with Crippen LogP contribution in [0.15, 0.2) is 53.6 Å². The van der Waals surface area contributed by atoms with Crippen LogP contribution in [0, 0.1) is 0 Å². The normalized spacial score (nSPS) is 10.5. The third kappa shape index (κ3) is 7.11. The summed E-state index contributed by atoms with van der Waals surface area (Å²) in [4.78, 5) is 23.8. The van der Waals surface area contributed by atoms with Crippen LogP contribution < -0.4 is 20.2 Å². The Kier molecular flexibility index (Phi) is 8.52. The highest BCUT2D eigenvalue weighted by atomic mass is 16.5. The van der Waals surface area contributed by atoms with Crippen LogP contribution in [0.3, 0.4) is 0 Å². The molecule has 0 aliphatic carbocycles. The third-order valence-electron chi connectivity index (χ3n) is 3.63. The van der Waals surface area contributed by atoms with Crippen molar-refractivity contribution in [3.05, 3.63) is 54.1 Å². The van der Waals surface area contributed by atoms with Gasteiger partial charge in [0.25, 0.3) is 0 Å². The molecule has 0 spiro atoms. The van der Waals surface area contributed by atoms with Gasteiger partial charge in [-0.15, -0.1) is 0 Å². The number of benzene rings is 2. The van der Waals surface area contributed by atoms with Gasteiger partial charge in [-0.25, -0.2) is 5.43 Å². The zero-order valence-electron chi connectivity index (χ0n) is 16.1. The Bertz CT molecular complexity index is 804. The summed E-state index contributed by atoms with van der Waals surface area (Å²) in [5.74, 6) is -0.243. The molecule has 148 valence electrons. The second-order valence-corrected chi connectivity index (χ2v) is 5.89. The maximum atomic E-state index is 11.9. The van der Waals surface area contributed by atoms with Gasteiger partial charge in [0, 0.05) is 5.69 Å². The minimum absolute atomic E-state index is 0.497. The number of amides is 2. The minimum atomic E-state index is -0.861. The standard InChI is InChI=1S/C21H25N3O4/c1-3-5-13-28-18-11-9-17(10-12-18)23-20(25)21(26)24-22-15-16-7-6-8-19(14-16)27-4-2/h6-12,14-15H,3-5,13H2,1-2H3,(H,23,25)(H,24,26)/b22-15-. The second-order valence-electron chi connectivity index (χ2n) is 5.89. The summed E-state index contributed by atoms with van der Waals surface area (Å²) in [6.07, 6.45) is 3.48. The van der Waals surface area contributed by atoms with Crippen molar-refractivity contribution in [2.75, 3.05) is 18.5 Å². The smallest absolute Gasteiger partial charge is 0.329 e. The highest BCUT2D eigenvalue weighted by Gasteiger charge is 2.12. The van der Waals surface area contributed by atoms with Gasteiger partial charge in [-0.05, 0) is 55.3 Å². The number of hydrogen-bond acceptors (Lipinski definition) is 5. The van der Waals surface area contributed by atoms with Gasteiger partial charge in [-0.1, -0.05) is 25.5 Å². The first-order chi connectivity index (χ1) is 13.6. The number of nitrogens with zero attached hydrogens (tertiary/aromatic N) is 1. The lowest BCUT2D eigenvalue weighted by Gasteiger charge is -2.07. The summed E-state index contributed by atoms with van der Waals surface area (Å²) in [5, 5.41) is 6.31. The van der Waals surface area contributed by atoms with Crippen molar-refractivity contribution in [2.45, 2.75) is 26.7 Å². The monoisotopic (exact) mass is 383 g/mol. The molecule has 0 saturated heterocycles. The van der Waals surface area contributed by atoms with Gasteiger partial charge >= 0.3 is 11.8 Å². The quantitative estimate of drug-likeness (QED) is 0.301. The van der Waals surface area contributed by atoms with Crippen LogP contribution in [-0.4, -0.2) is 31.2 Å². The molecular weight excluding hydrogens is 358 g/mol. The number of unbranched alkanes of at least 4 members (excludes halogenated alkanes) is 1. The first-order valence-electron chi connectivity index (χ1n) is 9.22. The SMILES string of the molecule is CCCCOc1ccc(NC(=O)C(=O)N/N=C\c2cccc(OCC)c2)cc1. The fourth-order valence-corrected chi connectivity index (χ4v) is 2.22. The van der Waals surface area contributed by atoms with E-state index < -0.39 is 11.8 Å². The molecule has 0 saturated carbocycles. The molecule has 2 rings (SSSR count). The lowest BCUT2D eigenvalue weighted by molar-refractivity contribution is -0.136. The van der Waals surface area contributed by atoms with Crippen LogP contribution in [-0.2, 0) is 9.59 Å². The molecule has 0 unspecified atom stereocenters. The number of hydrazone groups is 1. The number of anilines is 1. The summed E-state index contributed by atoms with van der Waals surface area (Å²) in [6.45, 7) is 5.20. The molecule has 2 N–H and O–H groups in total. The Hall–Kier alpha value is -3.35. The van der Waals surface area contributed by atoms with Gasteiger partial charge in [0.15, 0.2) is 0 Å². The van der Waals surface area contributed by atoms with Crippen LogP contribution >= 0.6 is 0 Å². The molecule has 0 aliphatic rings. The Balaban J connectivity index is 1.82. The lowest BCUT2D eigenvalue weighted by Crippen LogP contribution is -2.32. The Morgan fingerprint density at radius 3 is 2.50 bits per heavy atom. The van der Waals surface area contributed by atoms with Crippen molar-refractivity contribution >= 4 is 23.7 Å². The molecule has 0 radical (unpaired) electrons. The van der Waals surface area contributed by atoms with Crippen LogP contribution in [0.4, 0.5) is 5.69 Å². The zero-order valence-corrected chi connectivity index (χ0v) is 16.1. The molecule has 0 aliphatic heterocycles. The number of ether oxygens (including phenoxy) is 2. The highest BCUT2D eigenvalue weighted by molar-refractivity contribution is 6.39. The topological polar surface area (TPSA) is 89.0 Å². The Labute approximate surface area is 164 Å². The number of nitrogens with one attached hydrogen (secondary N) is 2. The summed E-state index contributed by atoms with van der Waals surface area (Å²) >= 11 is 0. The van der Waals surface area contributed by atoms with Gasteiger partial charge in [0.05, 0.1) is 19.4 Å². The van der Waals surface area contributed by atoms with E-state index in [1.165, 1.54) is 6.21 Å². The molecule has 0 aromatic heterocycles. The molecule has 2 aromatic carbocycles. The molecule has 2 amide bonds. The van der Waals surface area contributed by atoms with E-state index >= 15 is 0 Å². The summed E-state index contributed by atoms with van der Waals surface area (Å²) in [6, 6.07) is 14.1. The fraction of sp³-hybridized carbons (Fsp3) is 0.286. The highest BCUT2D eigenvalue weighted by Crippen LogP contribution is 2.16. The van der Waals surface area contributed by atoms with E-state index in [4.69, 9.17) is 9.47 Å². The second kappa shape index (κ2) is 11.4. The molecule has 2 aromatic rings. The molecule has 0 fully saturated rings. The van der Waals surface area contributed by atoms with Gasteiger partial charge in [0.1, 0.15) is 11.5 Å². The Morgan fingerprint density at radius 2 is 1.79 bits per heavy atom. The number of carbonyl (C=O) groups is 2. The van der Waals surface area contributed by atoms with E-state index in [2.05, 4.69) is 22.8 Å². The number of rotatable bonds is 9. The molecule has 28 heavy (non-hydrogen) atoms. The number of hydrogen-bond donors (Lipinski definition) is 2. The average Bonchev–Trinajstić information content (AvgIpc) is 2.70. The van der Waals surface area contributed by atoms with Crippen LogP contribution in [0.5, 0.6) is 11.5 Å². The maximum absolute atomic E-state index is 11.9. The van der Waals surface area contributed by atoms with E-state index in [9.17, 15) is 9.59 Å². The largest absolute Gasteiger partial charge is 0.494 e. The minimum Gasteiger partial charge on any atom is -0.494 e. The van der Waals surface area contributed by atoms with Gasteiger partial charge in [-0.3, -0.25) is 9.59 Å². The van der Waals surface area contributed by atoms with Crippen molar-refractivity contribution in [3.8, 4) is 11.5 Å². The molecule has 0 atom stereocenters. The van der Waals surface area contributed by atoms with Crippen LogP contribution in [0.1, 0.15) is 32.3 Å². The van der Waals surface area contributed by atoms with Crippen molar-refractivity contribution in [2.24, 2.45) is 5.10 Å². The molecular formula is C21H25N3O4. The van der Waals surface area contributed by atoms with Crippen molar-refractivity contribution in [1.82, 2.24) is 5.43 Å². The first kappa shape index (κ1) is 21.0. The van der Waals surface area contributed by atoms with Crippen LogP contribution in [0.2, 0.25) is 0 Å². The lowest BCUT2D eigenvalue weighted by atomic mass is 10.2. The van der Waals surface area contributed by atoms with Crippen molar-refractivity contribution in [3.63, 3.8) is 0 Å². The molecule has 0 bridgehead atoms. The van der Waals surface area contributed by atoms with E-state index in [1.807, 2.05) is 25.1 Å². The Morgan fingerprint density at radius 1 is 1.00 bits per heavy atom. The van der Waals surface area contributed by atoms with Gasteiger partial charge < -0.3 is 14.8 Å². The van der Waals surface area contributed by atoms with Crippen molar-refractivity contribution < 1.29 is 19.1 Å². The number of carbonyl (C=O) groups excluding carboxylic acids is 2. The van der Waals surface area contributed by atoms with E-state index in [0.717, 1.165) is 24.2 Å². The fourth-order valence-electron chi connectivity index (χ4n) is 2.22. The first-order valence-corrected chi connectivity index (χ1v) is 9.22. The summed E-state index contributed by atoms with van der Waals surface area (Å²) < 4.78 is 10.9. The van der Waals surface area contributed by atoms with Crippen molar-refractivity contribution in [1.29, 1.82) is 0 Å². The molecule has 7 heteroatoms. The van der Waals surface area contributed by atoms with Gasteiger partial charge in [0.2, 0.25) is 0 Å². The third-order valence-corrected chi connectivity index (χ3v) is 3.63. The molecule has 7 nitrogen and oxygen atoms in total. The predicted octanol–water partition coefficient (Wildman–Crippen LogP) is 3.35. The maximum Gasteiger partial charge on any atom is 0.329 e. The van der Waals surface area contributed by atoms with E-state index in [-0.39, 0.29) is 0 Å². The summed E-state index contributed by atoms with van der Waals surface area (Å²) in [7, 11) is 0. The van der Waals surface area contributed by atoms with Gasteiger partial charge in [-0.2, -0.15) is 5.10 Å².